The number of rotatable bonds is 3. The van der Waals surface area contributed by atoms with Gasteiger partial charge in [0.2, 0.25) is 5.96 Å². The van der Waals surface area contributed by atoms with Gasteiger partial charge < -0.3 is 5.32 Å². The maximum Gasteiger partial charge on any atom is 0.226 e. The van der Waals surface area contributed by atoms with Gasteiger partial charge in [-0.2, -0.15) is 10.4 Å². The first kappa shape index (κ1) is 18.0. The topological polar surface area (TPSA) is 63.8 Å². The van der Waals surface area contributed by atoms with Gasteiger partial charge in [0.15, 0.2) is 0 Å². The molecule has 0 bridgehead atoms. The van der Waals surface area contributed by atoms with Crippen LogP contribution >= 0.6 is 0 Å². The molecule has 5 heteroatoms. The molecule has 1 unspecified atom stereocenters. The van der Waals surface area contributed by atoms with E-state index in [1.54, 1.807) is 6.34 Å². The van der Waals surface area contributed by atoms with E-state index >= 15 is 0 Å². The van der Waals surface area contributed by atoms with Gasteiger partial charge in [0.25, 0.3) is 0 Å². The Bertz CT molecular complexity index is 1040. The van der Waals surface area contributed by atoms with Crippen molar-refractivity contribution in [3.8, 4) is 6.07 Å². The van der Waals surface area contributed by atoms with Crippen molar-refractivity contribution >= 4 is 18.0 Å². The Morgan fingerprint density at radius 1 is 1.07 bits per heavy atom. The molecule has 0 spiro atoms. The maximum atomic E-state index is 10.4. The van der Waals surface area contributed by atoms with Crippen molar-refractivity contribution in [2.75, 3.05) is 0 Å². The first-order chi connectivity index (χ1) is 13.5. The normalized spacial score (nSPS) is 20.7. The van der Waals surface area contributed by atoms with Gasteiger partial charge in [0.1, 0.15) is 11.9 Å². The van der Waals surface area contributed by atoms with Gasteiger partial charge in [-0.3, -0.25) is 0 Å². The van der Waals surface area contributed by atoms with Crippen molar-refractivity contribution in [2.24, 2.45) is 16.0 Å². The molecule has 0 aliphatic carbocycles. The van der Waals surface area contributed by atoms with Gasteiger partial charge in [-0.25, -0.2) is 10.0 Å². The predicted octanol–water partition coefficient (Wildman–Crippen LogP) is 4.31. The Morgan fingerprint density at radius 2 is 1.75 bits per heavy atom. The van der Waals surface area contributed by atoms with Crippen LogP contribution in [0.15, 0.2) is 64.2 Å². The van der Waals surface area contributed by atoms with Crippen LogP contribution in [-0.4, -0.2) is 17.3 Å². The largest absolute Gasteiger partial charge is 0.314 e. The average Bonchev–Trinajstić information content (AvgIpc) is 3.14. The second-order valence-corrected chi connectivity index (χ2v) is 7.64. The molecule has 5 nitrogen and oxygen atoms in total. The lowest BCUT2D eigenvalue weighted by molar-refractivity contribution is 0.160. The number of hydrogen-bond acceptors (Lipinski definition) is 5. The highest BCUT2D eigenvalue weighted by atomic mass is 15.6. The number of benzene rings is 2. The molecule has 2 aromatic rings. The maximum absolute atomic E-state index is 10.4. The first-order valence-corrected chi connectivity index (χ1v) is 9.45. The number of aliphatic imine (C=N–C) groups is 1. The Labute approximate surface area is 165 Å². The van der Waals surface area contributed by atoms with E-state index in [9.17, 15) is 5.26 Å². The summed E-state index contributed by atoms with van der Waals surface area (Å²) in [5.41, 5.74) is 4.87. The third-order valence-electron chi connectivity index (χ3n) is 5.39. The second-order valence-electron chi connectivity index (χ2n) is 7.64. The zero-order chi connectivity index (χ0) is 19.9. The van der Waals surface area contributed by atoms with Crippen LogP contribution in [-0.2, 0) is 5.54 Å². The van der Waals surface area contributed by atoms with Crippen molar-refractivity contribution in [1.29, 1.82) is 5.26 Å². The minimum Gasteiger partial charge on any atom is -0.314 e. The molecule has 2 aliphatic heterocycles. The Morgan fingerprint density at radius 3 is 2.36 bits per heavy atom. The number of aryl methyl sites for hydroxylation is 2. The molecule has 2 heterocycles. The zero-order valence-corrected chi connectivity index (χ0v) is 16.6. The third kappa shape index (κ3) is 2.53. The van der Waals surface area contributed by atoms with Gasteiger partial charge in [-0.15, -0.1) is 0 Å². The summed E-state index contributed by atoms with van der Waals surface area (Å²) in [6.07, 6.45) is 1.64. The highest BCUT2D eigenvalue weighted by molar-refractivity contribution is 6.00. The number of nitrogens with zero attached hydrogens (tertiary/aromatic N) is 4. The highest BCUT2D eigenvalue weighted by Gasteiger charge is 2.52. The summed E-state index contributed by atoms with van der Waals surface area (Å²) >= 11 is 0. The van der Waals surface area contributed by atoms with Gasteiger partial charge >= 0.3 is 0 Å². The summed E-state index contributed by atoms with van der Waals surface area (Å²) in [5, 5.41) is 20.0. The van der Waals surface area contributed by atoms with E-state index < -0.39 is 5.54 Å². The molecule has 2 aromatic carbocycles. The van der Waals surface area contributed by atoms with E-state index in [1.165, 1.54) is 0 Å². The van der Waals surface area contributed by atoms with E-state index in [2.05, 4.69) is 62.4 Å². The molecule has 0 fully saturated rings. The Kier molecular flexibility index (Phi) is 4.27. The first-order valence-electron chi connectivity index (χ1n) is 9.45. The SMILES string of the molecule is Cc1cc(C)cc(C2(C(C)C)C(C#N)=C(c3ccccc3)N=C3NC=NN32)c1. The van der Waals surface area contributed by atoms with Gasteiger partial charge in [0, 0.05) is 5.56 Å². The number of nitriles is 1. The van der Waals surface area contributed by atoms with E-state index in [-0.39, 0.29) is 5.92 Å². The van der Waals surface area contributed by atoms with Crippen molar-refractivity contribution in [3.05, 3.63) is 76.4 Å². The molecule has 2 aliphatic rings. The monoisotopic (exact) mass is 369 g/mol. The summed E-state index contributed by atoms with van der Waals surface area (Å²) < 4.78 is 0. The van der Waals surface area contributed by atoms with E-state index in [0.29, 0.717) is 17.2 Å². The standard InChI is InChI=1S/C23H23N5/c1-15(2)23(19-11-16(3)10-17(4)12-19)20(13-24)21(18-8-6-5-7-9-18)27-22-25-14-26-28(22)23/h5-12,14-15H,1-4H3,(H,25,26,27). The zero-order valence-electron chi connectivity index (χ0n) is 16.6. The fourth-order valence-electron chi connectivity index (χ4n) is 4.32. The van der Waals surface area contributed by atoms with Crippen LogP contribution in [0, 0.1) is 31.1 Å². The fourth-order valence-corrected chi connectivity index (χ4v) is 4.32. The molecular weight excluding hydrogens is 346 g/mol. The smallest absolute Gasteiger partial charge is 0.226 e. The number of nitrogens with one attached hydrogen (secondary N) is 1. The number of guanidine groups is 1. The molecule has 0 aromatic heterocycles. The molecule has 28 heavy (non-hydrogen) atoms. The summed E-state index contributed by atoms with van der Waals surface area (Å²) in [6, 6.07) is 18.9. The summed E-state index contributed by atoms with van der Waals surface area (Å²) in [4.78, 5) is 4.78. The molecule has 0 radical (unpaired) electrons. The van der Waals surface area contributed by atoms with Gasteiger partial charge in [-0.1, -0.05) is 73.5 Å². The molecule has 1 atom stereocenters. The van der Waals surface area contributed by atoms with Crippen LogP contribution in [0.4, 0.5) is 0 Å². The molecular formula is C23H23N5. The van der Waals surface area contributed by atoms with Crippen molar-refractivity contribution in [3.63, 3.8) is 0 Å². The molecule has 0 amide bonds. The number of fused-ring (bicyclic) bond motifs is 1. The molecule has 0 saturated carbocycles. The van der Waals surface area contributed by atoms with Crippen LogP contribution in [0.1, 0.15) is 36.1 Å². The highest BCUT2D eigenvalue weighted by Crippen LogP contribution is 2.49. The van der Waals surface area contributed by atoms with Gasteiger partial charge in [0.05, 0.1) is 17.3 Å². The summed E-state index contributed by atoms with van der Waals surface area (Å²) in [7, 11) is 0. The van der Waals surface area contributed by atoms with E-state index in [4.69, 9.17) is 4.99 Å². The molecule has 0 saturated heterocycles. The lowest BCUT2D eigenvalue weighted by atomic mass is 9.71. The van der Waals surface area contributed by atoms with Crippen LogP contribution in [0.3, 0.4) is 0 Å². The third-order valence-corrected chi connectivity index (χ3v) is 5.39. The van der Waals surface area contributed by atoms with Crippen LogP contribution in [0.5, 0.6) is 0 Å². The minimum atomic E-state index is -0.742. The summed E-state index contributed by atoms with van der Waals surface area (Å²) in [6.45, 7) is 8.44. The van der Waals surface area contributed by atoms with Crippen LogP contribution in [0.25, 0.3) is 5.70 Å². The Hall–Kier alpha value is -3.39. The molecule has 140 valence electrons. The summed E-state index contributed by atoms with van der Waals surface area (Å²) in [5.74, 6) is 0.718. The quantitative estimate of drug-likeness (QED) is 0.877. The van der Waals surface area contributed by atoms with E-state index in [1.807, 2.05) is 35.3 Å². The molecule has 1 N–H and O–H groups in total. The number of hydrogen-bond donors (Lipinski definition) is 1. The van der Waals surface area contributed by atoms with E-state index in [0.717, 1.165) is 22.3 Å². The minimum absolute atomic E-state index is 0.0737. The van der Waals surface area contributed by atoms with Crippen molar-refractivity contribution in [1.82, 2.24) is 10.3 Å². The predicted molar refractivity (Wildman–Crippen MR) is 112 cm³/mol. The fraction of sp³-hybridized carbons (Fsp3) is 0.261. The molecule has 4 rings (SSSR count). The van der Waals surface area contributed by atoms with Crippen molar-refractivity contribution in [2.45, 2.75) is 33.2 Å². The van der Waals surface area contributed by atoms with Gasteiger partial charge in [-0.05, 0) is 25.3 Å². The Balaban J connectivity index is 2.10. The van der Waals surface area contributed by atoms with Crippen molar-refractivity contribution < 1.29 is 0 Å². The average molecular weight is 369 g/mol. The van der Waals surface area contributed by atoms with Crippen LogP contribution in [0.2, 0.25) is 0 Å². The second kappa shape index (κ2) is 6.65. The van der Waals surface area contributed by atoms with Crippen LogP contribution < -0.4 is 5.32 Å². The lowest BCUT2D eigenvalue weighted by Crippen LogP contribution is -2.54. The number of hydrazone groups is 1. The lowest BCUT2D eigenvalue weighted by Gasteiger charge is -2.46.